The van der Waals surface area contributed by atoms with Gasteiger partial charge in [-0.15, -0.1) is 0 Å². The molecule has 1 amide bonds. The van der Waals surface area contributed by atoms with E-state index >= 15 is 0 Å². The summed E-state index contributed by atoms with van der Waals surface area (Å²) in [5.41, 5.74) is 0.555. The summed E-state index contributed by atoms with van der Waals surface area (Å²) < 4.78 is 57.1. The number of aliphatic hydroxyl groups excluding tert-OH is 2. The topological polar surface area (TPSA) is 228 Å². The number of phenolic OH excluding ortho intramolecular Hbond substituents is 2. The van der Waals surface area contributed by atoms with Crippen molar-refractivity contribution in [3.8, 4) is 11.5 Å². The van der Waals surface area contributed by atoms with Crippen LogP contribution in [0.5, 0.6) is 11.5 Å². The molecule has 2 aromatic carbocycles. The Morgan fingerprint density at radius 2 is 1.30 bits per heavy atom. The molecule has 69 heavy (non-hydrogen) atoms. The van der Waals surface area contributed by atoms with E-state index in [2.05, 4.69) is 5.32 Å². The molecule has 0 radical (unpaired) electrons. The van der Waals surface area contributed by atoms with Crippen LogP contribution in [0.1, 0.15) is 128 Å². The summed E-state index contributed by atoms with van der Waals surface area (Å²) >= 11 is 0. The van der Waals surface area contributed by atoms with Crippen molar-refractivity contribution in [2.45, 2.75) is 144 Å². The average Bonchev–Trinajstić information content (AvgIpc) is 3.54. The molecule has 1 fully saturated rings. The SMILES string of the molecule is C.CCN(C(=O)OC(C)(C)C)c1cc(O)c2c(c1)/C=C/C[C@@H]1OC(C)(C)O[C@@H]1C(=O)/C(F)=C\[C@@H](C)[C@H](C)OC2=O.CCNc1cc(O)c2c(c1)/C=C/C[C@H](O)[C@H](O)C(=O)/C(F)=C\[C@@H](C)[C@H](C)OC2=O. The van der Waals surface area contributed by atoms with Crippen LogP contribution in [0.4, 0.5) is 25.0 Å². The number of fused-ring (bicyclic) bond motifs is 3. The molecule has 0 bridgehead atoms. The Bertz CT molecular complexity index is 2330. The Morgan fingerprint density at radius 3 is 1.83 bits per heavy atom. The van der Waals surface area contributed by atoms with Gasteiger partial charge in [0.1, 0.15) is 46.5 Å². The Morgan fingerprint density at radius 1 is 0.797 bits per heavy atom. The number of hydrogen-bond donors (Lipinski definition) is 5. The number of hydrogen-bond acceptors (Lipinski definition) is 15. The Balaban J connectivity index is 0.000000376. The number of phenols is 2. The number of nitrogens with one attached hydrogen (secondary N) is 1. The van der Waals surface area contributed by atoms with Crippen molar-refractivity contribution in [2.75, 3.05) is 23.3 Å². The molecule has 8 atom stereocenters. The number of benzene rings is 2. The fourth-order valence-electron chi connectivity index (χ4n) is 7.23. The second-order valence-electron chi connectivity index (χ2n) is 18.2. The molecule has 5 N–H and O–H groups in total. The molecule has 0 aliphatic carbocycles. The molecule has 3 aliphatic rings. The highest BCUT2D eigenvalue weighted by molar-refractivity contribution is 6.00. The molecular weight excluding hydrogens is 903 g/mol. The maximum absolute atomic E-state index is 14.9. The van der Waals surface area contributed by atoms with E-state index in [4.69, 9.17) is 23.7 Å². The van der Waals surface area contributed by atoms with Crippen LogP contribution in [0, 0.1) is 11.8 Å². The minimum Gasteiger partial charge on any atom is -0.507 e. The van der Waals surface area contributed by atoms with Crippen molar-refractivity contribution in [2.24, 2.45) is 11.8 Å². The Kier molecular flexibility index (Phi) is 20.0. The maximum atomic E-state index is 14.9. The lowest BCUT2D eigenvalue weighted by Crippen LogP contribution is -2.36. The molecule has 3 heterocycles. The predicted octanol–water partition coefficient (Wildman–Crippen LogP) is 8.90. The van der Waals surface area contributed by atoms with Gasteiger partial charge in [-0.25, -0.2) is 23.2 Å². The summed E-state index contributed by atoms with van der Waals surface area (Å²) in [6.45, 7) is 19.2. The van der Waals surface area contributed by atoms with Gasteiger partial charge in [0, 0.05) is 42.7 Å². The van der Waals surface area contributed by atoms with Crippen molar-refractivity contribution in [3.05, 3.63) is 82.5 Å². The van der Waals surface area contributed by atoms with Gasteiger partial charge in [0.2, 0.25) is 11.6 Å². The highest BCUT2D eigenvalue weighted by Crippen LogP contribution is 2.36. The number of ether oxygens (including phenoxy) is 5. The number of amides is 1. The number of anilines is 2. The number of halogens is 2. The normalized spacial score (nSPS) is 27.9. The first-order valence-electron chi connectivity index (χ1n) is 22.5. The predicted molar refractivity (Wildman–Crippen MR) is 256 cm³/mol. The van der Waals surface area contributed by atoms with E-state index in [9.17, 15) is 53.2 Å². The highest BCUT2D eigenvalue weighted by Gasteiger charge is 2.46. The maximum Gasteiger partial charge on any atom is 0.414 e. The number of cyclic esters (lactones) is 2. The van der Waals surface area contributed by atoms with E-state index in [1.54, 1.807) is 79.7 Å². The van der Waals surface area contributed by atoms with Gasteiger partial charge in [-0.1, -0.05) is 45.6 Å². The molecule has 1 saturated heterocycles. The first kappa shape index (κ1) is 57.4. The van der Waals surface area contributed by atoms with Gasteiger partial charge in [-0.3, -0.25) is 14.5 Å². The van der Waals surface area contributed by atoms with Crippen LogP contribution in [0.15, 0.2) is 60.2 Å². The van der Waals surface area contributed by atoms with Crippen LogP contribution in [-0.4, -0.2) is 111 Å². The van der Waals surface area contributed by atoms with Crippen molar-refractivity contribution < 1.29 is 76.9 Å². The van der Waals surface area contributed by atoms with E-state index < -0.39 is 107 Å². The zero-order chi connectivity index (χ0) is 51.0. The van der Waals surface area contributed by atoms with E-state index in [0.717, 1.165) is 12.2 Å². The van der Waals surface area contributed by atoms with Crippen molar-refractivity contribution in [1.82, 2.24) is 0 Å². The van der Waals surface area contributed by atoms with Crippen LogP contribution in [0.3, 0.4) is 0 Å². The van der Waals surface area contributed by atoms with E-state index in [1.807, 2.05) is 6.92 Å². The number of carbonyl (C=O) groups is 5. The molecule has 2 aromatic rings. The number of carbonyl (C=O) groups excluding carboxylic acids is 5. The van der Waals surface area contributed by atoms with Crippen molar-refractivity contribution >= 4 is 53.1 Å². The van der Waals surface area contributed by atoms with E-state index in [0.29, 0.717) is 23.5 Å². The minimum absolute atomic E-state index is 0. The minimum atomic E-state index is -1.93. The number of nitrogens with zero attached hydrogens (tertiary/aromatic N) is 1. The van der Waals surface area contributed by atoms with Gasteiger partial charge in [0.05, 0.1) is 17.9 Å². The van der Waals surface area contributed by atoms with Gasteiger partial charge < -0.3 is 49.4 Å². The lowest BCUT2D eigenvalue weighted by molar-refractivity contribution is -0.153. The number of aliphatic hydroxyl groups is 2. The van der Waals surface area contributed by atoms with Crippen LogP contribution in [-0.2, 0) is 33.3 Å². The quantitative estimate of drug-likeness (QED) is 0.142. The molecule has 5 rings (SSSR count). The number of esters is 2. The summed E-state index contributed by atoms with van der Waals surface area (Å²) in [7, 11) is 0. The van der Waals surface area contributed by atoms with Gasteiger partial charge in [-0.05, 0) is 111 Å². The largest absolute Gasteiger partial charge is 0.507 e. The van der Waals surface area contributed by atoms with E-state index in [1.165, 1.54) is 43.0 Å². The lowest BCUT2D eigenvalue weighted by atomic mass is 9.98. The molecule has 18 heteroatoms. The molecule has 0 saturated carbocycles. The molecule has 16 nitrogen and oxygen atoms in total. The number of rotatable bonds is 4. The zero-order valence-corrected chi connectivity index (χ0v) is 40.3. The van der Waals surface area contributed by atoms with Crippen LogP contribution in [0.2, 0.25) is 0 Å². The van der Waals surface area contributed by atoms with Crippen molar-refractivity contribution in [3.63, 3.8) is 0 Å². The first-order chi connectivity index (χ1) is 31.7. The fraction of sp³-hybridized carbons (Fsp3) is 0.510. The summed E-state index contributed by atoms with van der Waals surface area (Å²) in [6.07, 6.45) is 0.375. The number of Topliss-reactive ketones (excluding diaryl/α,β-unsaturated/α-hetero) is 2. The highest BCUT2D eigenvalue weighted by atomic mass is 19.1. The first-order valence-corrected chi connectivity index (χ1v) is 22.5. The van der Waals surface area contributed by atoms with Crippen LogP contribution in [0.25, 0.3) is 12.2 Å². The third kappa shape index (κ3) is 15.0. The fourth-order valence-corrected chi connectivity index (χ4v) is 7.23. The molecule has 0 aromatic heterocycles. The summed E-state index contributed by atoms with van der Waals surface area (Å²) in [4.78, 5) is 64.9. The third-order valence-electron chi connectivity index (χ3n) is 11.1. The average molecular weight is 971 g/mol. The molecule has 3 aliphatic heterocycles. The molecular formula is C51H68F2N2O14. The van der Waals surface area contributed by atoms with Gasteiger partial charge in [0.25, 0.3) is 0 Å². The molecule has 380 valence electrons. The summed E-state index contributed by atoms with van der Waals surface area (Å²) in [5, 5.41) is 44.3. The van der Waals surface area contributed by atoms with Gasteiger partial charge in [0.15, 0.2) is 23.5 Å². The second kappa shape index (κ2) is 24.1. The smallest absolute Gasteiger partial charge is 0.414 e. The number of ketones is 2. The number of aromatic hydroxyl groups is 2. The molecule has 0 unspecified atom stereocenters. The summed E-state index contributed by atoms with van der Waals surface area (Å²) in [6, 6.07) is 5.89. The van der Waals surface area contributed by atoms with Gasteiger partial charge in [-0.2, -0.15) is 0 Å². The summed E-state index contributed by atoms with van der Waals surface area (Å²) in [5.74, 6) is -9.11. The monoisotopic (exact) mass is 970 g/mol. The van der Waals surface area contributed by atoms with Gasteiger partial charge >= 0.3 is 18.0 Å². The van der Waals surface area contributed by atoms with E-state index in [-0.39, 0.29) is 49.3 Å². The van der Waals surface area contributed by atoms with Crippen molar-refractivity contribution in [1.29, 1.82) is 0 Å². The van der Waals surface area contributed by atoms with Crippen LogP contribution < -0.4 is 10.2 Å². The third-order valence-corrected chi connectivity index (χ3v) is 11.1. The standard InChI is InChI=1S/C29H38FNO8.C21H26FNO6.CH4/c1-9-31(27(35)39-28(4,5)6)19-14-18-11-10-12-22-25(38-29(7,8)37-22)24(33)20(30)13-16(2)17(3)36-26(34)23(18)21(32)15-19;1-4-23-14-9-13-6-5-7-16(24)20(27)19(26)15(22)8-11(2)12(3)29-21(28)18(13)17(25)10-14;/h10-11,13-17,22,25,32H,9,12H2,1-8H3;5-6,8-12,16,20,23-25,27H,4,7H2,1-3H3;1H4/b11-10+,20-13+;6-5+,15-8+;/t16-,17+,22+,25+;11-,12+,16+,20+;/m11./s1. The molecule has 0 spiro atoms. The Hall–Kier alpha value is -5.95. The second-order valence-corrected chi connectivity index (χ2v) is 18.2. The Labute approximate surface area is 402 Å². The zero-order valence-electron chi connectivity index (χ0n) is 40.3. The van der Waals surface area contributed by atoms with Crippen LogP contribution >= 0.6 is 0 Å². The lowest BCUT2D eigenvalue weighted by Gasteiger charge is -2.27.